The van der Waals surface area contributed by atoms with Gasteiger partial charge in [0.1, 0.15) is 12.2 Å². The highest BCUT2D eigenvalue weighted by Gasteiger charge is 2.53. The molecule has 25 heavy (non-hydrogen) atoms. The monoisotopic (exact) mass is 348 g/mol. The van der Waals surface area contributed by atoms with Crippen LogP contribution >= 0.6 is 0 Å². The van der Waals surface area contributed by atoms with E-state index >= 15 is 0 Å². The molecule has 4 unspecified atom stereocenters. The number of fused-ring (bicyclic) bond motifs is 2. The van der Waals surface area contributed by atoms with Gasteiger partial charge in [0.05, 0.1) is 17.6 Å². The SMILES string of the molecule is C=C1CCC2OC2(C)CCC2C(=CC=CC(C)(C)OO)COC(=O)C12. The summed E-state index contributed by atoms with van der Waals surface area (Å²) in [4.78, 5) is 16.8. The van der Waals surface area contributed by atoms with E-state index in [-0.39, 0.29) is 29.5 Å². The minimum absolute atomic E-state index is 0.0514. The van der Waals surface area contributed by atoms with Gasteiger partial charge >= 0.3 is 5.97 Å². The predicted octanol–water partition coefficient (Wildman–Crippen LogP) is 3.81. The van der Waals surface area contributed by atoms with Crippen molar-refractivity contribution in [3.8, 4) is 0 Å². The molecular formula is C20H28O5. The van der Waals surface area contributed by atoms with Crippen molar-refractivity contribution in [1.82, 2.24) is 0 Å². The smallest absolute Gasteiger partial charge is 0.313 e. The summed E-state index contributed by atoms with van der Waals surface area (Å²) in [6.45, 7) is 10.2. The molecule has 5 nitrogen and oxygen atoms in total. The Balaban J connectivity index is 1.84. The fourth-order valence-corrected chi connectivity index (χ4v) is 3.93. The molecule has 2 aliphatic heterocycles. The lowest BCUT2D eigenvalue weighted by Crippen LogP contribution is -2.36. The van der Waals surface area contributed by atoms with Gasteiger partial charge < -0.3 is 9.47 Å². The molecule has 138 valence electrons. The second-order valence-electron chi connectivity index (χ2n) is 8.14. The van der Waals surface area contributed by atoms with Gasteiger partial charge in [-0.25, -0.2) is 4.89 Å². The maximum atomic E-state index is 12.4. The molecule has 3 fully saturated rings. The van der Waals surface area contributed by atoms with E-state index in [1.807, 2.05) is 12.2 Å². The van der Waals surface area contributed by atoms with E-state index in [4.69, 9.17) is 14.7 Å². The summed E-state index contributed by atoms with van der Waals surface area (Å²) < 4.78 is 11.3. The average Bonchev–Trinajstić information content (AvgIpc) is 3.21. The zero-order valence-corrected chi connectivity index (χ0v) is 15.3. The number of hydrogen-bond donors (Lipinski definition) is 1. The van der Waals surface area contributed by atoms with Crippen molar-refractivity contribution < 1.29 is 24.4 Å². The van der Waals surface area contributed by atoms with Crippen molar-refractivity contribution >= 4 is 5.97 Å². The summed E-state index contributed by atoms with van der Waals surface area (Å²) >= 11 is 0. The molecule has 0 aromatic carbocycles. The Morgan fingerprint density at radius 3 is 2.88 bits per heavy atom. The Hall–Kier alpha value is -1.43. The molecule has 0 aromatic rings. The van der Waals surface area contributed by atoms with Crippen LogP contribution in [-0.4, -0.2) is 35.1 Å². The molecule has 0 aromatic heterocycles. The first-order chi connectivity index (χ1) is 11.8. The van der Waals surface area contributed by atoms with Crippen molar-refractivity contribution in [1.29, 1.82) is 0 Å². The van der Waals surface area contributed by atoms with E-state index in [2.05, 4.69) is 18.4 Å². The van der Waals surface area contributed by atoms with Crippen molar-refractivity contribution in [3.63, 3.8) is 0 Å². The molecule has 1 saturated carbocycles. The van der Waals surface area contributed by atoms with Gasteiger partial charge in [-0.05, 0) is 52.0 Å². The van der Waals surface area contributed by atoms with Gasteiger partial charge in [0.15, 0.2) is 0 Å². The van der Waals surface area contributed by atoms with E-state index in [0.29, 0.717) is 6.61 Å². The number of epoxide rings is 1. The summed E-state index contributed by atoms with van der Waals surface area (Å²) in [6.07, 6.45) is 9.43. The number of rotatable bonds is 3. The van der Waals surface area contributed by atoms with E-state index < -0.39 is 5.60 Å². The summed E-state index contributed by atoms with van der Waals surface area (Å²) in [5, 5.41) is 8.88. The molecule has 0 radical (unpaired) electrons. The molecule has 4 atom stereocenters. The summed E-state index contributed by atoms with van der Waals surface area (Å²) in [5.41, 5.74) is 1.22. The molecular weight excluding hydrogens is 320 g/mol. The lowest BCUT2D eigenvalue weighted by atomic mass is 9.76. The molecule has 0 amide bonds. The maximum Gasteiger partial charge on any atom is 0.313 e. The highest BCUT2D eigenvalue weighted by Crippen LogP contribution is 2.49. The van der Waals surface area contributed by atoms with Gasteiger partial charge in [-0.1, -0.05) is 30.4 Å². The van der Waals surface area contributed by atoms with E-state index in [1.165, 1.54) is 0 Å². The van der Waals surface area contributed by atoms with Crippen LogP contribution in [0.3, 0.4) is 0 Å². The van der Waals surface area contributed by atoms with Gasteiger partial charge in [0.25, 0.3) is 0 Å². The van der Waals surface area contributed by atoms with Crippen LogP contribution < -0.4 is 0 Å². The normalized spacial score (nSPS) is 37.8. The van der Waals surface area contributed by atoms with Crippen LogP contribution in [0, 0.1) is 11.8 Å². The van der Waals surface area contributed by atoms with Crippen LogP contribution in [0.15, 0.2) is 36.0 Å². The zero-order chi connectivity index (χ0) is 18.2. The van der Waals surface area contributed by atoms with Gasteiger partial charge in [-0.15, -0.1) is 0 Å². The number of carbonyl (C=O) groups is 1. The number of ether oxygens (including phenoxy) is 2. The van der Waals surface area contributed by atoms with Gasteiger partial charge in [0, 0.05) is 5.92 Å². The van der Waals surface area contributed by atoms with Crippen LogP contribution in [0.25, 0.3) is 0 Å². The summed E-state index contributed by atoms with van der Waals surface area (Å²) in [7, 11) is 0. The average molecular weight is 348 g/mol. The van der Waals surface area contributed by atoms with Crippen LogP contribution in [0.2, 0.25) is 0 Å². The standard InChI is InChI=1S/C20H28O5/c1-13-7-8-16-20(4,24-16)11-9-15-14(12-23-18(21)17(13)15)6-5-10-19(2,3)25-22/h5-6,10,15-17,22H,1,7-9,11-12H2,2-4H3. The van der Waals surface area contributed by atoms with E-state index in [1.54, 1.807) is 19.9 Å². The number of carbonyl (C=O) groups excluding carboxylic acids is 1. The van der Waals surface area contributed by atoms with Crippen LogP contribution in [0.1, 0.15) is 46.5 Å². The third kappa shape index (κ3) is 3.89. The third-order valence-corrected chi connectivity index (χ3v) is 5.71. The molecule has 1 N–H and O–H groups in total. The Morgan fingerprint density at radius 1 is 1.40 bits per heavy atom. The van der Waals surface area contributed by atoms with Crippen molar-refractivity contribution in [2.45, 2.75) is 63.8 Å². The molecule has 5 heteroatoms. The van der Waals surface area contributed by atoms with E-state index in [0.717, 1.165) is 36.8 Å². The fraction of sp³-hybridized carbons (Fsp3) is 0.650. The molecule has 2 saturated heterocycles. The molecule has 0 bridgehead atoms. The van der Waals surface area contributed by atoms with Crippen molar-refractivity contribution in [2.75, 3.05) is 6.61 Å². The first kappa shape index (κ1) is 18.4. The molecule has 1 aliphatic carbocycles. The van der Waals surface area contributed by atoms with Crippen LogP contribution in [0.4, 0.5) is 0 Å². The minimum atomic E-state index is -0.758. The van der Waals surface area contributed by atoms with Crippen molar-refractivity contribution in [3.05, 3.63) is 36.0 Å². The fourth-order valence-electron chi connectivity index (χ4n) is 3.93. The largest absolute Gasteiger partial charge is 0.461 e. The number of esters is 1. The molecule has 3 aliphatic rings. The number of allylic oxidation sites excluding steroid dienone is 2. The Labute approximate surface area is 149 Å². The zero-order valence-electron chi connectivity index (χ0n) is 15.3. The Bertz CT molecular complexity index is 618. The molecule has 2 heterocycles. The highest BCUT2D eigenvalue weighted by atomic mass is 17.1. The van der Waals surface area contributed by atoms with Gasteiger partial charge in [-0.2, -0.15) is 0 Å². The predicted molar refractivity (Wildman–Crippen MR) is 93.8 cm³/mol. The first-order valence-corrected chi connectivity index (χ1v) is 8.99. The van der Waals surface area contributed by atoms with Gasteiger partial charge in [-0.3, -0.25) is 10.1 Å². The highest BCUT2D eigenvalue weighted by molar-refractivity contribution is 5.78. The molecule has 0 spiro atoms. The summed E-state index contributed by atoms with van der Waals surface area (Å²) in [6, 6.07) is 0. The maximum absolute atomic E-state index is 12.4. The third-order valence-electron chi connectivity index (χ3n) is 5.71. The number of hydrogen-bond acceptors (Lipinski definition) is 5. The second-order valence-corrected chi connectivity index (χ2v) is 8.14. The summed E-state index contributed by atoms with van der Waals surface area (Å²) in [5.74, 6) is -0.329. The lowest BCUT2D eigenvalue weighted by Gasteiger charge is -2.34. The minimum Gasteiger partial charge on any atom is -0.461 e. The van der Waals surface area contributed by atoms with Crippen LogP contribution in [-0.2, 0) is 19.2 Å². The lowest BCUT2D eigenvalue weighted by molar-refractivity contribution is -0.297. The Morgan fingerprint density at radius 2 is 2.16 bits per heavy atom. The number of cyclic esters (lactones) is 1. The second kappa shape index (κ2) is 6.71. The molecule has 3 rings (SSSR count). The Kier molecular flexibility index (Phi) is 4.93. The van der Waals surface area contributed by atoms with Crippen LogP contribution in [0.5, 0.6) is 0 Å². The first-order valence-electron chi connectivity index (χ1n) is 8.99. The topological polar surface area (TPSA) is 68.3 Å². The van der Waals surface area contributed by atoms with Gasteiger partial charge in [0.2, 0.25) is 0 Å². The quantitative estimate of drug-likeness (QED) is 0.276. The van der Waals surface area contributed by atoms with Crippen molar-refractivity contribution in [2.24, 2.45) is 11.8 Å². The van der Waals surface area contributed by atoms with E-state index in [9.17, 15) is 4.79 Å².